The van der Waals surface area contributed by atoms with E-state index in [1.165, 1.54) is 24.3 Å². The molecule has 1 aliphatic rings. The summed E-state index contributed by atoms with van der Waals surface area (Å²) in [6.45, 7) is 1.53. The van der Waals surface area contributed by atoms with Crippen LogP contribution >= 0.6 is 0 Å². The molecule has 1 aromatic heterocycles. The zero-order valence-corrected chi connectivity index (χ0v) is 16.0. The predicted molar refractivity (Wildman–Crippen MR) is 105 cm³/mol. The summed E-state index contributed by atoms with van der Waals surface area (Å²) in [5, 5.41) is 0. The highest BCUT2D eigenvalue weighted by Crippen LogP contribution is 2.29. The van der Waals surface area contributed by atoms with Crippen molar-refractivity contribution in [3.63, 3.8) is 0 Å². The number of fused-ring (bicyclic) bond motifs is 1. The van der Waals surface area contributed by atoms with E-state index in [0.29, 0.717) is 12.3 Å². The molecular weight excluding hydrogens is 385 g/mol. The van der Waals surface area contributed by atoms with Crippen molar-refractivity contribution in [2.45, 2.75) is 18.9 Å². The Morgan fingerprint density at radius 1 is 1.10 bits per heavy atom. The lowest BCUT2D eigenvalue weighted by atomic mass is 10.2. The average molecular weight is 406 g/mol. The van der Waals surface area contributed by atoms with Crippen LogP contribution in [0.2, 0.25) is 0 Å². The number of anilines is 2. The number of imidazole rings is 1. The lowest BCUT2D eigenvalue weighted by Crippen LogP contribution is -2.24. The maximum absolute atomic E-state index is 12.2. The van der Waals surface area contributed by atoms with Gasteiger partial charge in [0.15, 0.2) is 0 Å². The Kier molecular flexibility index (Phi) is 4.89. The molecule has 0 radical (unpaired) electrons. The van der Waals surface area contributed by atoms with Crippen LogP contribution in [-0.4, -0.2) is 49.6 Å². The van der Waals surface area contributed by atoms with E-state index in [-0.39, 0.29) is 11.9 Å². The summed E-state index contributed by atoms with van der Waals surface area (Å²) in [7, 11) is 3.87. The van der Waals surface area contributed by atoms with Crippen molar-refractivity contribution in [2.75, 3.05) is 37.0 Å². The number of nitrogens with one attached hydrogen (secondary N) is 1. The molecule has 1 saturated heterocycles. The molecule has 2 heterocycles. The first kappa shape index (κ1) is 19.2. The number of benzene rings is 2. The molecule has 6 nitrogen and oxygen atoms in total. The summed E-state index contributed by atoms with van der Waals surface area (Å²) in [6.07, 6.45) is -3.92. The predicted octanol–water partition coefficient (Wildman–Crippen LogP) is 4.19. The van der Waals surface area contributed by atoms with Gasteiger partial charge in [0.05, 0.1) is 17.6 Å². The molecule has 9 heteroatoms. The molecule has 1 N–H and O–H groups in total. The van der Waals surface area contributed by atoms with Gasteiger partial charge in [0.1, 0.15) is 17.6 Å². The van der Waals surface area contributed by atoms with Crippen molar-refractivity contribution < 1.29 is 22.6 Å². The third kappa shape index (κ3) is 4.49. The molecule has 3 aromatic rings. The summed E-state index contributed by atoms with van der Waals surface area (Å²) >= 11 is 0. The van der Waals surface area contributed by atoms with Crippen LogP contribution in [0, 0.1) is 0 Å². The van der Waals surface area contributed by atoms with Gasteiger partial charge in [-0.15, -0.1) is 13.2 Å². The SMILES string of the molecule is CN(C)c1nc2ccc(N3CCC(Oc4ccc(OC(F)(F)F)cc4)C3)cc2[nH]1. The molecule has 29 heavy (non-hydrogen) atoms. The van der Waals surface area contributed by atoms with Gasteiger partial charge in [-0.3, -0.25) is 0 Å². The van der Waals surface area contributed by atoms with Crippen LogP contribution in [0.5, 0.6) is 11.5 Å². The van der Waals surface area contributed by atoms with Gasteiger partial charge in [-0.2, -0.15) is 0 Å². The molecular formula is C20H21F3N4O2. The first-order valence-corrected chi connectivity index (χ1v) is 9.21. The van der Waals surface area contributed by atoms with E-state index in [9.17, 15) is 13.2 Å². The molecule has 1 fully saturated rings. The van der Waals surface area contributed by atoms with Gasteiger partial charge in [0.25, 0.3) is 0 Å². The molecule has 0 amide bonds. The van der Waals surface area contributed by atoms with Crippen LogP contribution in [0.15, 0.2) is 42.5 Å². The smallest absolute Gasteiger partial charge is 0.489 e. The Morgan fingerprint density at radius 3 is 2.52 bits per heavy atom. The molecule has 0 bridgehead atoms. The number of rotatable bonds is 5. The van der Waals surface area contributed by atoms with Gasteiger partial charge in [-0.1, -0.05) is 0 Å². The second-order valence-corrected chi connectivity index (χ2v) is 7.15. The number of ether oxygens (including phenoxy) is 2. The maximum Gasteiger partial charge on any atom is 0.573 e. The molecule has 0 aliphatic carbocycles. The van der Waals surface area contributed by atoms with Crippen molar-refractivity contribution in [1.29, 1.82) is 0 Å². The number of hydrogen-bond donors (Lipinski definition) is 1. The van der Waals surface area contributed by atoms with Gasteiger partial charge in [0.2, 0.25) is 5.95 Å². The second-order valence-electron chi connectivity index (χ2n) is 7.15. The average Bonchev–Trinajstić information content (AvgIpc) is 3.28. The summed E-state index contributed by atoms with van der Waals surface area (Å²) < 4.78 is 46.5. The fourth-order valence-corrected chi connectivity index (χ4v) is 3.36. The highest BCUT2D eigenvalue weighted by molar-refractivity contribution is 5.81. The summed E-state index contributed by atoms with van der Waals surface area (Å²) in [5.41, 5.74) is 2.95. The minimum Gasteiger partial charge on any atom is -0.489 e. The van der Waals surface area contributed by atoms with E-state index in [4.69, 9.17) is 4.74 Å². The van der Waals surface area contributed by atoms with Crippen molar-refractivity contribution in [2.24, 2.45) is 0 Å². The van der Waals surface area contributed by atoms with Gasteiger partial charge >= 0.3 is 6.36 Å². The Morgan fingerprint density at radius 2 is 1.83 bits per heavy atom. The van der Waals surface area contributed by atoms with Crippen LogP contribution in [-0.2, 0) is 0 Å². The Bertz CT molecular complexity index is 986. The lowest BCUT2D eigenvalue weighted by molar-refractivity contribution is -0.274. The maximum atomic E-state index is 12.2. The monoisotopic (exact) mass is 406 g/mol. The molecule has 154 valence electrons. The van der Waals surface area contributed by atoms with Crippen LogP contribution in [0.4, 0.5) is 24.8 Å². The van der Waals surface area contributed by atoms with E-state index in [2.05, 4.69) is 25.7 Å². The third-order valence-corrected chi connectivity index (χ3v) is 4.75. The number of halogens is 3. The molecule has 2 aromatic carbocycles. The molecule has 0 spiro atoms. The highest BCUT2D eigenvalue weighted by atomic mass is 19.4. The van der Waals surface area contributed by atoms with E-state index in [1.54, 1.807) is 0 Å². The van der Waals surface area contributed by atoms with Crippen LogP contribution < -0.4 is 19.3 Å². The largest absolute Gasteiger partial charge is 0.573 e. The van der Waals surface area contributed by atoms with Crippen LogP contribution in [0.3, 0.4) is 0 Å². The van der Waals surface area contributed by atoms with E-state index in [0.717, 1.165) is 35.6 Å². The van der Waals surface area contributed by atoms with E-state index in [1.807, 2.05) is 31.1 Å². The van der Waals surface area contributed by atoms with Crippen molar-refractivity contribution in [1.82, 2.24) is 9.97 Å². The second kappa shape index (κ2) is 7.38. The van der Waals surface area contributed by atoms with Crippen LogP contribution in [0.25, 0.3) is 11.0 Å². The zero-order valence-electron chi connectivity index (χ0n) is 16.0. The van der Waals surface area contributed by atoms with Crippen molar-refractivity contribution in [3.8, 4) is 11.5 Å². The quantitative estimate of drug-likeness (QED) is 0.689. The standard InChI is InChI=1S/C20H21F3N4O2/c1-26(2)19-24-17-8-3-13(11-18(17)25-19)27-10-9-16(12-27)28-14-4-6-15(7-5-14)29-20(21,22)23/h3-8,11,16H,9-10,12H2,1-2H3,(H,24,25). The van der Waals surface area contributed by atoms with Gasteiger partial charge < -0.3 is 24.3 Å². The highest BCUT2D eigenvalue weighted by Gasteiger charge is 2.31. The first-order chi connectivity index (χ1) is 13.8. The summed E-state index contributed by atoms with van der Waals surface area (Å²) in [4.78, 5) is 12.0. The summed E-state index contributed by atoms with van der Waals surface area (Å²) in [5.74, 6) is 1.06. The molecule has 1 unspecified atom stereocenters. The zero-order chi connectivity index (χ0) is 20.6. The van der Waals surface area contributed by atoms with Crippen molar-refractivity contribution in [3.05, 3.63) is 42.5 Å². The number of nitrogens with zero attached hydrogens (tertiary/aromatic N) is 3. The minimum atomic E-state index is -4.70. The normalized spacial score (nSPS) is 17.0. The van der Waals surface area contributed by atoms with E-state index >= 15 is 0 Å². The summed E-state index contributed by atoms with van der Waals surface area (Å²) in [6, 6.07) is 11.6. The molecule has 1 atom stereocenters. The number of alkyl halides is 3. The topological polar surface area (TPSA) is 53.6 Å². The number of H-pyrrole nitrogens is 1. The number of hydrogen-bond acceptors (Lipinski definition) is 5. The Balaban J connectivity index is 1.39. The minimum absolute atomic E-state index is 0.0424. The number of aromatic nitrogens is 2. The Hall–Kier alpha value is -3.10. The molecule has 4 rings (SSSR count). The lowest BCUT2D eigenvalue weighted by Gasteiger charge is -2.19. The number of aromatic amines is 1. The van der Waals surface area contributed by atoms with Crippen LogP contribution in [0.1, 0.15) is 6.42 Å². The fraction of sp³-hybridized carbons (Fsp3) is 0.350. The Labute approximate surface area is 165 Å². The van der Waals surface area contributed by atoms with Gasteiger partial charge in [0, 0.05) is 32.7 Å². The van der Waals surface area contributed by atoms with E-state index < -0.39 is 6.36 Å². The molecule has 1 aliphatic heterocycles. The van der Waals surface area contributed by atoms with Gasteiger partial charge in [-0.25, -0.2) is 4.98 Å². The van der Waals surface area contributed by atoms with Crippen molar-refractivity contribution >= 4 is 22.7 Å². The fourth-order valence-electron chi connectivity index (χ4n) is 3.36. The molecule has 0 saturated carbocycles. The van der Waals surface area contributed by atoms with Gasteiger partial charge in [-0.05, 0) is 42.5 Å². The third-order valence-electron chi connectivity index (χ3n) is 4.75. The first-order valence-electron chi connectivity index (χ1n) is 9.21.